The normalized spacial score (nSPS) is 16.0. The summed E-state index contributed by atoms with van der Waals surface area (Å²) in [6, 6.07) is 10.7. The van der Waals surface area contributed by atoms with Crippen molar-refractivity contribution in [1.29, 1.82) is 0 Å². The van der Waals surface area contributed by atoms with E-state index >= 15 is 0 Å². The van der Waals surface area contributed by atoms with E-state index in [0.29, 0.717) is 17.3 Å². The molecule has 1 heterocycles. The Morgan fingerprint density at radius 2 is 1.77 bits per heavy atom. The molecule has 1 aliphatic carbocycles. The monoisotopic (exact) mass is 296 g/mol. The van der Waals surface area contributed by atoms with E-state index in [0.717, 1.165) is 5.56 Å². The SMILES string of the molecule is COC1=CC(=O)c2c(oc(-c3ccccc3)cc2=O)C1(C)C. The quantitative estimate of drug-likeness (QED) is 0.853. The number of fused-ring (bicyclic) bond motifs is 1. The summed E-state index contributed by atoms with van der Waals surface area (Å²) in [6.07, 6.45) is 1.36. The molecular formula is C18H16O4. The minimum atomic E-state index is -0.679. The summed E-state index contributed by atoms with van der Waals surface area (Å²) in [6.45, 7) is 3.73. The van der Waals surface area contributed by atoms with Gasteiger partial charge in [-0.1, -0.05) is 30.3 Å². The van der Waals surface area contributed by atoms with Gasteiger partial charge in [0.2, 0.25) is 0 Å². The molecular weight excluding hydrogens is 280 g/mol. The third-order valence-corrected chi connectivity index (χ3v) is 3.92. The van der Waals surface area contributed by atoms with Crippen LogP contribution in [0.1, 0.15) is 30.0 Å². The van der Waals surface area contributed by atoms with Crippen molar-refractivity contribution < 1.29 is 13.9 Å². The first kappa shape index (κ1) is 14.3. The van der Waals surface area contributed by atoms with Crippen LogP contribution in [-0.2, 0) is 10.2 Å². The Bertz CT molecular complexity index is 826. The number of hydrogen-bond acceptors (Lipinski definition) is 4. The topological polar surface area (TPSA) is 56.5 Å². The predicted molar refractivity (Wildman–Crippen MR) is 82.9 cm³/mol. The average molecular weight is 296 g/mol. The fourth-order valence-corrected chi connectivity index (χ4v) is 2.71. The molecule has 0 fully saturated rings. The minimum Gasteiger partial charge on any atom is -0.500 e. The number of allylic oxidation sites excluding steroid dienone is 2. The summed E-state index contributed by atoms with van der Waals surface area (Å²) < 4.78 is 11.2. The lowest BCUT2D eigenvalue weighted by molar-refractivity contribution is 0.101. The van der Waals surface area contributed by atoms with Gasteiger partial charge in [0.1, 0.15) is 22.8 Å². The number of ether oxygens (including phenoxy) is 1. The van der Waals surface area contributed by atoms with Gasteiger partial charge in [-0.2, -0.15) is 0 Å². The lowest BCUT2D eigenvalue weighted by Gasteiger charge is -2.30. The highest BCUT2D eigenvalue weighted by atomic mass is 16.5. The molecule has 2 aromatic rings. The molecule has 0 N–H and O–H groups in total. The second kappa shape index (κ2) is 4.98. The van der Waals surface area contributed by atoms with Crippen LogP contribution in [0.3, 0.4) is 0 Å². The molecule has 0 saturated heterocycles. The van der Waals surface area contributed by atoms with Crippen LogP contribution in [0.25, 0.3) is 11.3 Å². The molecule has 0 atom stereocenters. The molecule has 1 aromatic heterocycles. The van der Waals surface area contributed by atoms with Crippen molar-refractivity contribution in [3.63, 3.8) is 0 Å². The van der Waals surface area contributed by atoms with E-state index in [4.69, 9.17) is 9.15 Å². The van der Waals surface area contributed by atoms with E-state index in [1.165, 1.54) is 19.3 Å². The van der Waals surface area contributed by atoms with Crippen LogP contribution >= 0.6 is 0 Å². The molecule has 0 bridgehead atoms. The first-order valence-electron chi connectivity index (χ1n) is 6.99. The third-order valence-electron chi connectivity index (χ3n) is 3.92. The zero-order valence-corrected chi connectivity index (χ0v) is 12.7. The third kappa shape index (κ3) is 2.08. The lowest BCUT2D eigenvalue weighted by atomic mass is 9.79. The number of ketones is 1. The Morgan fingerprint density at radius 1 is 1.09 bits per heavy atom. The zero-order chi connectivity index (χ0) is 15.9. The number of rotatable bonds is 2. The molecule has 0 radical (unpaired) electrons. The van der Waals surface area contributed by atoms with Crippen LogP contribution in [0.5, 0.6) is 0 Å². The summed E-state index contributed by atoms with van der Waals surface area (Å²) in [4.78, 5) is 24.6. The summed E-state index contributed by atoms with van der Waals surface area (Å²) >= 11 is 0. The zero-order valence-electron chi connectivity index (χ0n) is 12.7. The van der Waals surface area contributed by atoms with Gasteiger partial charge >= 0.3 is 0 Å². The first-order valence-corrected chi connectivity index (χ1v) is 6.99. The van der Waals surface area contributed by atoms with Crippen molar-refractivity contribution in [3.05, 3.63) is 69.8 Å². The molecule has 112 valence electrons. The van der Waals surface area contributed by atoms with Crippen molar-refractivity contribution in [3.8, 4) is 11.3 Å². The van der Waals surface area contributed by atoms with Crippen LogP contribution in [0.15, 0.2) is 57.4 Å². The second-order valence-electron chi connectivity index (χ2n) is 5.75. The molecule has 0 saturated carbocycles. The van der Waals surface area contributed by atoms with E-state index in [1.807, 2.05) is 44.2 Å². The van der Waals surface area contributed by atoms with Crippen molar-refractivity contribution in [2.75, 3.05) is 7.11 Å². The van der Waals surface area contributed by atoms with E-state index in [9.17, 15) is 9.59 Å². The molecule has 1 aliphatic rings. The van der Waals surface area contributed by atoms with Gasteiger partial charge in [-0.15, -0.1) is 0 Å². The summed E-state index contributed by atoms with van der Waals surface area (Å²) in [5.74, 6) is 0.906. The standard InChI is InChI=1S/C18H16O4/c1-18(2)15(21-3)10-13(20)16-12(19)9-14(22-17(16)18)11-7-5-4-6-8-11/h4-10H,1-3H3. The van der Waals surface area contributed by atoms with E-state index in [-0.39, 0.29) is 16.8 Å². The molecule has 0 amide bonds. The van der Waals surface area contributed by atoms with Crippen LogP contribution in [0, 0.1) is 0 Å². The van der Waals surface area contributed by atoms with Crippen LogP contribution < -0.4 is 5.43 Å². The summed E-state index contributed by atoms with van der Waals surface area (Å²) in [7, 11) is 1.50. The molecule has 1 aromatic carbocycles. The maximum absolute atomic E-state index is 12.4. The number of benzene rings is 1. The van der Waals surface area contributed by atoms with E-state index in [2.05, 4.69) is 0 Å². The molecule has 3 rings (SSSR count). The van der Waals surface area contributed by atoms with Gasteiger partial charge in [0.25, 0.3) is 0 Å². The fourth-order valence-electron chi connectivity index (χ4n) is 2.71. The molecule has 22 heavy (non-hydrogen) atoms. The predicted octanol–water partition coefficient (Wildman–Crippen LogP) is 3.31. The van der Waals surface area contributed by atoms with Crippen molar-refractivity contribution in [2.24, 2.45) is 0 Å². The number of methoxy groups -OCH3 is 1. The highest BCUT2D eigenvalue weighted by Crippen LogP contribution is 2.38. The van der Waals surface area contributed by atoms with Crippen LogP contribution in [-0.4, -0.2) is 12.9 Å². The number of carbonyl (C=O) groups is 1. The minimum absolute atomic E-state index is 0.0884. The van der Waals surface area contributed by atoms with E-state index in [1.54, 1.807) is 0 Å². The highest BCUT2D eigenvalue weighted by Gasteiger charge is 2.40. The first-order chi connectivity index (χ1) is 10.4. The maximum Gasteiger partial charge on any atom is 0.196 e. The Morgan fingerprint density at radius 3 is 2.41 bits per heavy atom. The lowest BCUT2D eigenvalue weighted by Crippen LogP contribution is -2.33. The fraction of sp³-hybridized carbons (Fsp3) is 0.222. The van der Waals surface area contributed by atoms with Crippen molar-refractivity contribution in [2.45, 2.75) is 19.3 Å². The molecule has 0 spiro atoms. The summed E-state index contributed by atoms with van der Waals surface area (Å²) in [5, 5.41) is 0. The van der Waals surface area contributed by atoms with Gasteiger partial charge < -0.3 is 9.15 Å². The number of hydrogen-bond donors (Lipinski definition) is 0. The second-order valence-corrected chi connectivity index (χ2v) is 5.75. The van der Waals surface area contributed by atoms with Gasteiger partial charge in [-0.3, -0.25) is 9.59 Å². The van der Waals surface area contributed by atoms with E-state index < -0.39 is 5.41 Å². The van der Waals surface area contributed by atoms with Gasteiger partial charge in [0, 0.05) is 17.7 Å². The largest absolute Gasteiger partial charge is 0.500 e. The maximum atomic E-state index is 12.4. The molecule has 4 nitrogen and oxygen atoms in total. The molecule has 0 aliphatic heterocycles. The molecule has 0 unspecified atom stereocenters. The van der Waals surface area contributed by atoms with Crippen LogP contribution in [0.4, 0.5) is 0 Å². The Balaban J connectivity index is 2.28. The average Bonchev–Trinajstić information content (AvgIpc) is 2.51. The van der Waals surface area contributed by atoms with Gasteiger partial charge in [0.15, 0.2) is 11.2 Å². The Kier molecular flexibility index (Phi) is 3.24. The highest BCUT2D eigenvalue weighted by molar-refractivity contribution is 6.07. The van der Waals surface area contributed by atoms with Crippen molar-refractivity contribution in [1.82, 2.24) is 0 Å². The summed E-state index contributed by atoms with van der Waals surface area (Å²) in [5.41, 5.74) is -0.128. The number of carbonyl (C=O) groups excluding carboxylic acids is 1. The van der Waals surface area contributed by atoms with Crippen LogP contribution in [0.2, 0.25) is 0 Å². The van der Waals surface area contributed by atoms with Gasteiger partial charge in [-0.05, 0) is 13.8 Å². The smallest absolute Gasteiger partial charge is 0.196 e. The van der Waals surface area contributed by atoms with Gasteiger partial charge in [0.05, 0.1) is 12.5 Å². The Hall–Kier alpha value is -2.62. The Labute approximate surface area is 128 Å². The van der Waals surface area contributed by atoms with Gasteiger partial charge in [-0.25, -0.2) is 0 Å². The van der Waals surface area contributed by atoms with Crippen molar-refractivity contribution >= 4 is 5.78 Å². The molecule has 4 heteroatoms.